The minimum absolute atomic E-state index is 0.0796. The minimum Gasteiger partial charge on any atom is -0.354 e. The molecule has 0 aromatic heterocycles. The van der Waals surface area contributed by atoms with E-state index in [4.69, 9.17) is 0 Å². The number of allylic oxidation sites excluding steroid dienone is 2. The highest BCUT2D eigenvalue weighted by Crippen LogP contribution is 2.18. The van der Waals surface area contributed by atoms with Crippen LogP contribution in [0.2, 0.25) is 0 Å². The maximum Gasteiger partial charge on any atom is 0.237 e. The zero-order valence-electron chi connectivity index (χ0n) is 11.8. The molecule has 1 aliphatic carbocycles. The molecule has 2 aliphatic rings. The normalized spacial score (nSPS) is 25.0. The Morgan fingerprint density at radius 2 is 2.10 bits per heavy atom. The molecular formula is C17H22N2O. The van der Waals surface area contributed by atoms with Crippen LogP contribution in [0.4, 0.5) is 0 Å². The number of amides is 1. The fourth-order valence-corrected chi connectivity index (χ4v) is 3.05. The smallest absolute Gasteiger partial charge is 0.237 e. The van der Waals surface area contributed by atoms with Crippen molar-refractivity contribution in [3.8, 4) is 0 Å². The highest BCUT2D eigenvalue weighted by Gasteiger charge is 2.24. The van der Waals surface area contributed by atoms with Crippen molar-refractivity contribution in [2.75, 3.05) is 6.54 Å². The summed E-state index contributed by atoms with van der Waals surface area (Å²) in [5.74, 6) is 0.758. The summed E-state index contributed by atoms with van der Waals surface area (Å²) in [4.78, 5) is 12.3. The van der Waals surface area contributed by atoms with Crippen LogP contribution in [0.1, 0.15) is 30.4 Å². The summed E-state index contributed by atoms with van der Waals surface area (Å²) in [6.45, 7) is 1.60. The van der Waals surface area contributed by atoms with Gasteiger partial charge in [0.1, 0.15) is 0 Å². The number of carbonyl (C=O) groups excluding carboxylic acids is 1. The van der Waals surface area contributed by atoms with E-state index in [0.29, 0.717) is 5.92 Å². The van der Waals surface area contributed by atoms with Gasteiger partial charge >= 0.3 is 0 Å². The Labute approximate surface area is 120 Å². The molecule has 0 fully saturated rings. The highest BCUT2D eigenvalue weighted by molar-refractivity contribution is 5.82. The van der Waals surface area contributed by atoms with Crippen molar-refractivity contribution in [3.05, 3.63) is 47.5 Å². The Morgan fingerprint density at radius 1 is 1.25 bits per heavy atom. The fraction of sp³-hybridized carbons (Fsp3) is 0.471. The van der Waals surface area contributed by atoms with E-state index in [1.807, 2.05) is 6.07 Å². The van der Waals surface area contributed by atoms with Gasteiger partial charge < -0.3 is 10.6 Å². The van der Waals surface area contributed by atoms with Crippen LogP contribution in [0.25, 0.3) is 0 Å². The molecule has 20 heavy (non-hydrogen) atoms. The number of carbonyl (C=O) groups is 1. The third-order valence-electron chi connectivity index (χ3n) is 4.34. The van der Waals surface area contributed by atoms with Crippen LogP contribution in [-0.2, 0) is 17.8 Å². The Bertz CT molecular complexity index is 509. The lowest BCUT2D eigenvalue weighted by Crippen LogP contribution is -2.48. The summed E-state index contributed by atoms with van der Waals surface area (Å²) in [5, 5.41) is 6.45. The molecule has 0 spiro atoms. The Morgan fingerprint density at radius 3 is 2.90 bits per heavy atom. The second-order valence-electron chi connectivity index (χ2n) is 5.80. The first-order valence-electron chi connectivity index (χ1n) is 7.56. The predicted molar refractivity (Wildman–Crippen MR) is 80.3 cm³/mol. The van der Waals surface area contributed by atoms with E-state index in [1.165, 1.54) is 17.5 Å². The number of benzene rings is 1. The minimum atomic E-state index is -0.0796. The van der Waals surface area contributed by atoms with Crippen LogP contribution in [-0.4, -0.2) is 18.5 Å². The van der Waals surface area contributed by atoms with Gasteiger partial charge in [-0.25, -0.2) is 0 Å². The van der Waals surface area contributed by atoms with E-state index >= 15 is 0 Å². The Balaban J connectivity index is 1.52. The van der Waals surface area contributed by atoms with Crippen molar-refractivity contribution in [1.29, 1.82) is 0 Å². The Kier molecular flexibility index (Phi) is 4.16. The van der Waals surface area contributed by atoms with Crippen LogP contribution >= 0.6 is 0 Å². The van der Waals surface area contributed by atoms with Crippen LogP contribution in [0, 0.1) is 5.92 Å². The monoisotopic (exact) mass is 270 g/mol. The third kappa shape index (κ3) is 3.10. The lowest BCUT2D eigenvalue weighted by atomic mass is 9.93. The van der Waals surface area contributed by atoms with E-state index in [0.717, 1.165) is 32.4 Å². The Hall–Kier alpha value is -1.61. The van der Waals surface area contributed by atoms with Crippen LogP contribution < -0.4 is 10.6 Å². The van der Waals surface area contributed by atoms with Crippen molar-refractivity contribution in [2.45, 2.75) is 38.3 Å². The largest absolute Gasteiger partial charge is 0.354 e. The molecule has 1 aromatic carbocycles. The summed E-state index contributed by atoms with van der Waals surface area (Å²) in [6, 6.07) is 8.28. The van der Waals surface area contributed by atoms with Gasteiger partial charge in [0, 0.05) is 13.1 Å². The molecule has 1 unspecified atom stereocenters. The fourth-order valence-electron chi connectivity index (χ4n) is 3.05. The molecule has 0 radical (unpaired) electrons. The molecule has 3 heteroatoms. The maximum absolute atomic E-state index is 12.3. The van der Waals surface area contributed by atoms with E-state index in [9.17, 15) is 4.79 Å². The second-order valence-corrected chi connectivity index (χ2v) is 5.80. The number of hydrogen-bond donors (Lipinski definition) is 2. The first kappa shape index (κ1) is 13.4. The van der Waals surface area contributed by atoms with Crippen molar-refractivity contribution < 1.29 is 4.79 Å². The quantitative estimate of drug-likeness (QED) is 0.827. The molecule has 2 atom stereocenters. The van der Waals surface area contributed by atoms with Crippen molar-refractivity contribution >= 4 is 5.91 Å². The van der Waals surface area contributed by atoms with Gasteiger partial charge in [0.2, 0.25) is 5.91 Å². The van der Waals surface area contributed by atoms with E-state index in [-0.39, 0.29) is 11.9 Å². The summed E-state index contributed by atoms with van der Waals surface area (Å²) in [5.41, 5.74) is 2.61. The first-order chi connectivity index (χ1) is 9.83. The van der Waals surface area contributed by atoms with Gasteiger partial charge in [-0.3, -0.25) is 4.79 Å². The summed E-state index contributed by atoms with van der Waals surface area (Å²) in [7, 11) is 0. The first-order valence-corrected chi connectivity index (χ1v) is 7.56. The molecule has 3 nitrogen and oxygen atoms in total. The molecule has 106 valence electrons. The molecule has 0 bridgehead atoms. The lowest BCUT2D eigenvalue weighted by molar-refractivity contribution is -0.123. The maximum atomic E-state index is 12.3. The van der Waals surface area contributed by atoms with E-state index in [1.54, 1.807) is 0 Å². The third-order valence-corrected chi connectivity index (χ3v) is 4.34. The molecule has 1 aliphatic heterocycles. The average molecular weight is 270 g/mol. The van der Waals surface area contributed by atoms with E-state index in [2.05, 4.69) is 41.0 Å². The molecule has 0 saturated heterocycles. The van der Waals surface area contributed by atoms with Gasteiger partial charge in [0.25, 0.3) is 0 Å². The van der Waals surface area contributed by atoms with Crippen molar-refractivity contribution in [1.82, 2.24) is 10.6 Å². The van der Waals surface area contributed by atoms with Crippen LogP contribution in [0.5, 0.6) is 0 Å². The highest BCUT2D eigenvalue weighted by atomic mass is 16.2. The van der Waals surface area contributed by atoms with Gasteiger partial charge in [0.05, 0.1) is 6.04 Å². The lowest BCUT2D eigenvalue weighted by Gasteiger charge is -2.26. The van der Waals surface area contributed by atoms with Gasteiger partial charge in [-0.15, -0.1) is 0 Å². The SMILES string of the molecule is O=C(NCC1CC=CCC1)[C@H]1Cc2ccccc2CN1. The predicted octanol–water partition coefficient (Wildman–Crippen LogP) is 2.17. The zero-order chi connectivity index (χ0) is 13.8. The molecule has 1 aromatic rings. The molecule has 0 saturated carbocycles. The standard InChI is InChI=1S/C17H22N2O/c20-17(19-11-13-6-2-1-3-7-13)16-10-14-8-4-5-9-15(14)12-18-16/h1-2,4-5,8-9,13,16,18H,3,6-7,10-12H2,(H,19,20)/t13?,16-/m1/s1. The number of hydrogen-bond acceptors (Lipinski definition) is 2. The number of nitrogens with one attached hydrogen (secondary N) is 2. The van der Waals surface area contributed by atoms with Gasteiger partial charge in [-0.2, -0.15) is 0 Å². The summed E-state index contributed by atoms with van der Waals surface area (Å²) in [6.07, 6.45) is 8.70. The van der Waals surface area contributed by atoms with Crippen LogP contribution in [0.15, 0.2) is 36.4 Å². The number of fused-ring (bicyclic) bond motifs is 1. The molecular weight excluding hydrogens is 248 g/mol. The topological polar surface area (TPSA) is 41.1 Å². The van der Waals surface area contributed by atoms with Gasteiger partial charge in [0.15, 0.2) is 0 Å². The van der Waals surface area contributed by atoms with Crippen molar-refractivity contribution in [2.24, 2.45) is 5.92 Å². The van der Waals surface area contributed by atoms with Crippen LogP contribution in [0.3, 0.4) is 0 Å². The van der Waals surface area contributed by atoms with E-state index < -0.39 is 0 Å². The van der Waals surface area contributed by atoms with Crippen molar-refractivity contribution in [3.63, 3.8) is 0 Å². The molecule has 1 heterocycles. The average Bonchev–Trinajstić information content (AvgIpc) is 2.53. The summed E-state index contributed by atoms with van der Waals surface area (Å²) >= 11 is 0. The molecule has 3 rings (SSSR count). The molecule has 2 N–H and O–H groups in total. The van der Waals surface area contributed by atoms with Gasteiger partial charge in [-0.1, -0.05) is 36.4 Å². The molecule has 1 amide bonds. The number of rotatable bonds is 3. The summed E-state index contributed by atoms with van der Waals surface area (Å²) < 4.78 is 0. The second kappa shape index (κ2) is 6.23. The zero-order valence-corrected chi connectivity index (χ0v) is 11.8. The van der Waals surface area contributed by atoms with Gasteiger partial charge in [-0.05, 0) is 42.7 Å².